The summed E-state index contributed by atoms with van der Waals surface area (Å²) in [5, 5.41) is 3.40. The summed E-state index contributed by atoms with van der Waals surface area (Å²) in [5.74, 6) is 0.409. The molecule has 0 aliphatic carbocycles. The van der Waals surface area contributed by atoms with Gasteiger partial charge in [-0.15, -0.1) is 0 Å². The number of fused-ring (bicyclic) bond motifs is 1. The molecule has 0 radical (unpaired) electrons. The van der Waals surface area contributed by atoms with Gasteiger partial charge in [-0.25, -0.2) is 9.37 Å². The van der Waals surface area contributed by atoms with E-state index in [2.05, 4.69) is 20.1 Å². The van der Waals surface area contributed by atoms with Gasteiger partial charge in [-0.1, -0.05) is 12.1 Å². The lowest BCUT2D eigenvalue weighted by atomic mass is 10.2. The molecule has 3 aromatic rings. The van der Waals surface area contributed by atoms with Crippen LogP contribution in [0.25, 0.3) is 11.1 Å². The number of nitrogens with one attached hydrogen (secondary N) is 1. The summed E-state index contributed by atoms with van der Waals surface area (Å²) >= 11 is 0. The predicted molar refractivity (Wildman–Crippen MR) is 125 cm³/mol. The Bertz CT molecular complexity index is 1180. The molecular weight excluding hydrogens is 425 g/mol. The summed E-state index contributed by atoms with van der Waals surface area (Å²) < 4.78 is 20.9. The first-order chi connectivity index (χ1) is 15.9. The number of furan rings is 1. The van der Waals surface area contributed by atoms with Crippen molar-refractivity contribution in [1.29, 1.82) is 0 Å². The van der Waals surface area contributed by atoms with E-state index in [0.29, 0.717) is 29.1 Å². The van der Waals surface area contributed by atoms with E-state index >= 15 is 0 Å². The molecule has 0 saturated carbocycles. The molecule has 3 heterocycles. The van der Waals surface area contributed by atoms with Crippen molar-refractivity contribution >= 4 is 22.7 Å². The average molecular weight is 456 g/mol. The van der Waals surface area contributed by atoms with Crippen LogP contribution in [-0.4, -0.2) is 59.6 Å². The molecule has 2 aromatic heterocycles. The first-order valence-electron chi connectivity index (χ1n) is 11.4. The molecule has 1 amide bonds. The van der Waals surface area contributed by atoms with Crippen LogP contribution in [0.15, 0.2) is 39.8 Å². The lowest BCUT2D eigenvalue weighted by Crippen LogP contribution is -2.47. The molecule has 176 valence electrons. The van der Waals surface area contributed by atoms with E-state index in [0.717, 1.165) is 44.7 Å². The number of benzene rings is 1. The Morgan fingerprint density at radius 3 is 2.67 bits per heavy atom. The normalized spacial score (nSPS) is 14.7. The fourth-order valence-corrected chi connectivity index (χ4v) is 4.19. The van der Waals surface area contributed by atoms with E-state index in [4.69, 9.17) is 4.42 Å². The molecule has 1 aliphatic heterocycles. The molecule has 33 heavy (non-hydrogen) atoms. The summed E-state index contributed by atoms with van der Waals surface area (Å²) in [4.78, 5) is 33.5. The minimum absolute atomic E-state index is 0.0912. The first kappa shape index (κ1) is 23.0. The number of carbonyl (C=O) groups excluding carboxylic acids is 1. The van der Waals surface area contributed by atoms with Gasteiger partial charge in [0.25, 0.3) is 5.56 Å². The number of rotatable bonds is 8. The number of aryl methyl sites for hydroxylation is 3. The van der Waals surface area contributed by atoms with Crippen molar-refractivity contribution in [2.75, 3.05) is 44.2 Å². The number of piperazine rings is 1. The third kappa shape index (κ3) is 5.24. The van der Waals surface area contributed by atoms with E-state index in [1.165, 1.54) is 17.0 Å². The number of carbonyl (C=O) groups is 1. The van der Waals surface area contributed by atoms with Crippen molar-refractivity contribution in [3.05, 3.63) is 58.1 Å². The highest BCUT2D eigenvalue weighted by atomic mass is 19.1. The van der Waals surface area contributed by atoms with Crippen LogP contribution in [0, 0.1) is 19.7 Å². The maximum atomic E-state index is 14.0. The Balaban J connectivity index is 1.16. The summed E-state index contributed by atoms with van der Waals surface area (Å²) in [5.41, 5.74) is 1.61. The summed E-state index contributed by atoms with van der Waals surface area (Å²) in [7, 11) is 0. The number of amides is 1. The smallest absolute Gasteiger partial charge is 0.264 e. The predicted octanol–water partition coefficient (Wildman–Crippen LogP) is 2.46. The van der Waals surface area contributed by atoms with E-state index < -0.39 is 0 Å². The maximum absolute atomic E-state index is 14.0. The first-order valence-corrected chi connectivity index (χ1v) is 11.4. The SMILES string of the molecule is Cc1oc2ncn(CCC(=O)NCCCN3CCN(c4ccccc4F)CC3)c(=O)c2c1C. The molecule has 1 aromatic carbocycles. The quantitative estimate of drug-likeness (QED) is 0.526. The highest BCUT2D eigenvalue weighted by Crippen LogP contribution is 2.20. The van der Waals surface area contributed by atoms with Crippen molar-refractivity contribution < 1.29 is 13.6 Å². The molecule has 1 aliphatic rings. The molecule has 1 saturated heterocycles. The van der Waals surface area contributed by atoms with Crippen LogP contribution < -0.4 is 15.8 Å². The Morgan fingerprint density at radius 2 is 1.91 bits per heavy atom. The van der Waals surface area contributed by atoms with Gasteiger partial charge in [0.1, 0.15) is 23.3 Å². The molecular formula is C24H30FN5O3. The minimum atomic E-state index is -0.184. The summed E-state index contributed by atoms with van der Waals surface area (Å²) in [6, 6.07) is 6.88. The number of hydrogen-bond acceptors (Lipinski definition) is 6. The van der Waals surface area contributed by atoms with Crippen LogP contribution in [0.4, 0.5) is 10.1 Å². The molecule has 0 unspecified atom stereocenters. The Morgan fingerprint density at radius 1 is 1.15 bits per heavy atom. The second kappa shape index (κ2) is 10.2. The van der Waals surface area contributed by atoms with Crippen molar-refractivity contribution in [3.8, 4) is 0 Å². The summed E-state index contributed by atoms with van der Waals surface area (Å²) in [6.07, 6.45) is 2.48. The number of halogens is 1. The Labute approximate surface area is 192 Å². The third-order valence-corrected chi connectivity index (χ3v) is 6.27. The fraction of sp³-hybridized carbons (Fsp3) is 0.458. The van der Waals surface area contributed by atoms with Gasteiger partial charge in [0, 0.05) is 51.3 Å². The number of nitrogens with zero attached hydrogens (tertiary/aromatic N) is 4. The van der Waals surface area contributed by atoms with Crippen LogP contribution in [0.1, 0.15) is 24.2 Å². The second-order valence-corrected chi connectivity index (χ2v) is 8.44. The second-order valence-electron chi connectivity index (χ2n) is 8.44. The van der Waals surface area contributed by atoms with Crippen molar-refractivity contribution in [2.45, 2.75) is 33.2 Å². The zero-order chi connectivity index (χ0) is 23.4. The van der Waals surface area contributed by atoms with Crippen LogP contribution in [-0.2, 0) is 11.3 Å². The zero-order valence-electron chi connectivity index (χ0n) is 19.1. The van der Waals surface area contributed by atoms with Gasteiger partial charge in [-0.05, 0) is 38.9 Å². The highest BCUT2D eigenvalue weighted by molar-refractivity contribution is 5.77. The molecule has 0 atom stereocenters. The molecule has 8 nitrogen and oxygen atoms in total. The maximum Gasteiger partial charge on any atom is 0.264 e. The van der Waals surface area contributed by atoms with Crippen molar-refractivity contribution in [2.24, 2.45) is 0 Å². The van der Waals surface area contributed by atoms with Crippen LogP contribution >= 0.6 is 0 Å². The van der Waals surface area contributed by atoms with E-state index in [9.17, 15) is 14.0 Å². The third-order valence-electron chi connectivity index (χ3n) is 6.27. The number of para-hydroxylation sites is 1. The van der Waals surface area contributed by atoms with Crippen LogP contribution in [0.3, 0.4) is 0 Å². The van der Waals surface area contributed by atoms with Gasteiger partial charge in [-0.2, -0.15) is 0 Å². The molecule has 9 heteroatoms. The molecule has 1 fully saturated rings. The molecule has 0 spiro atoms. The van der Waals surface area contributed by atoms with E-state index in [-0.39, 0.29) is 30.2 Å². The van der Waals surface area contributed by atoms with Gasteiger partial charge >= 0.3 is 0 Å². The summed E-state index contributed by atoms with van der Waals surface area (Å²) in [6.45, 7) is 8.68. The Kier molecular flexibility index (Phi) is 7.08. The van der Waals surface area contributed by atoms with Crippen molar-refractivity contribution in [1.82, 2.24) is 19.8 Å². The van der Waals surface area contributed by atoms with Crippen LogP contribution in [0.5, 0.6) is 0 Å². The minimum Gasteiger partial charge on any atom is -0.443 e. The van der Waals surface area contributed by atoms with E-state index in [1.54, 1.807) is 13.0 Å². The Hall–Kier alpha value is -3.20. The number of aromatic nitrogens is 2. The monoisotopic (exact) mass is 455 g/mol. The molecule has 4 rings (SSSR count). The van der Waals surface area contributed by atoms with Crippen molar-refractivity contribution in [3.63, 3.8) is 0 Å². The standard InChI is InChI=1S/C24H30FN5O3/c1-17-18(2)33-23-22(17)24(32)30(16-27-23)11-8-21(31)26-9-5-10-28-12-14-29(15-13-28)20-7-4-3-6-19(20)25/h3-4,6-7,16H,5,8-15H2,1-2H3,(H,26,31). The van der Waals surface area contributed by atoms with Gasteiger partial charge < -0.3 is 14.6 Å². The molecule has 0 bridgehead atoms. The van der Waals surface area contributed by atoms with Gasteiger partial charge in [0.15, 0.2) is 0 Å². The van der Waals surface area contributed by atoms with Gasteiger partial charge in [-0.3, -0.25) is 19.1 Å². The van der Waals surface area contributed by atoms with Crippen LogP contribution in [0.2, 0.25) is 0 Å². The highest BCUT2D eigenvalue weighted by Gasteiger charge is 2.19. The lowest BCUT2D eigenvalue weighted by Gasteiger charge is -2.36. The fourth-order valence-electron chi connectivity index (χ4n) is 4.19. The number of hydrogen-bond donors (Lipinski definition) is 1. The topological polar surface area (TPSA) is 83.6 Å². The van der Waals surface area contributed by atoms with E-state index in [1.807, 2.05) is 19.1 Å². The average Bonchev–Trinajstić information content (AvgIpc) is 3.11. The van der Waals surface area contributed by atoms with Gasteiger partial charge in [0.05, 0.1) is 5.69 Å². The zero-order valence-corrected chi connectivity index (χ0v) is 19.1. The number of anilines is 1. The lowest BCUT2D eigenvalue weighted by molar-refractivity contribution is -0.121. The largest absolute Gasteiger partial charge is 0.443 e. The molecule has 1 N–H and O–H groups in total. The van der Waals surface area contributed by atoms with Gasteiger partial charge in [0.2, 0.25) is 11.6 Å².